The lowest BCUT2D eigenvalue weighted by molar-refractivity contribution is 0.111. The van der Waals surface area contributed by atoms with Crippen LogP contribution in [0.1, 0.15) is 28.5 Å². The maximum atomic E-state index is 11.2. The molecule has 7 heteroatoms. The Morgan fingerprint density at radius 1 is 1.40 bits per heavy atom. The molecule has 2 N–H and O–H groups in total. The van der Waals surface area contributed by atoms with E-state index in [1.165, 1.54) is 25.6 Å². The van der Waals surface area contributed by atoms with Crippen LogP contribution in [0, 0.1) is 5.41 Å². The Labute approximate surface area is 146 Å². The van der Waals surface area contributed by atoms with Gasteiger partial charge in [0.05, 0.1) is 24.6 Å². The van der Waals surface area contributed by atoms with Crippen molar-refractivity contribution in [1.82, 2.24) is 15.3 Å². The van der Waals surface area contributed by atoms with Crippen molar-refractivity contribution in [2.45, 2.75) is 13.5 Å². The lowest BCUT2D eigenvalue weighted by Gasteiger charge is -2.13. The highest BCUT2D eigenvalue weighted by Crippen LogP contribution is 2.23. The highest BCUT2D eigenvalue weighted by Gasteiger charge is 2.12. The molecule has 7 nitrogen and oxygen atoms in total. The molecule has 0 radical (unpaired) electrons. The molecule has 0 amide bonds. The zero-order valence-electron chi connectivity index (χ0n) is 14.4. The van der Waals surface area contributed by atoms with Gasteiger partial charge in [0, 0.05) is 42.4 Å². The Morgan fingerprint density at radius 3 is 2.84 bits per heavy atom. The van der Waals surface area contributed by atoms with Crippen molar-refractivity contribution >= 4 is 18.1 Å². The van der Waals surface area contributed by atoms with Crippen molar-refractivity contribution in [2.24, 2.45) is 0 Å². The van der Waals surface area contributed by atoms with Crippen molar-refractivity contribution in [3.63, 3.8) is 0 Å². The van der Waals surface area contributed by atoms with E-state index in [2.05, 4.69) is 15.3 Å². The molecule has 2 aromatic heterocycles. The number of rotatable bonds is 8. The average Bonchev–Trinajstić information content (AvgIpc) is 2.67. The Balaban J connectivity index is 2.31. The number of methoxy groups -OCH3 is 1. The van der Waals surface area contributed by atoms with Gasteiger partial charge in [-0.25, -0.2) is 4.98 Å². The number of hydrogen-bond acceptors (Lipinski definition) is 7. The maximum absolute atomic E-state index is 11.2. The molecule has 0 saturated carbocycles. The molecule has 130 valence electrons. The summed E-state index contributed by atoms with van der Waals surface area (Å²) in [4.78, 5) is 19.7. The smallest absolute Gasteiger partial charge is 0.213 e. The minimum atomic E-state index is 0.187. The van der Waals surface area contributed by atoms with E-state index >= 15 is 0 Å². The van der Waals surface area contributed by atoms with Crippen LogP contribution in [0.4, 0.5) is 0 Å². The number of aldehydes is 1. The minimum absolute atomic E-state index is 0.187. The van der Waals surface area contributed by atoms with Crippen LogP contribution in [-0.4, -0.2) is 36.6 Å². The fourth-order valence-electron chi connectivity index (χ4n) is 2.20. The molecular formula is C18H20N4O3. The first-order valence-electron chi connectivity index (χ1n) is 7.60. The minimum Gasteiger partial charge on any atom is -0.486 e. The lowest BCUT2D eigenvalue weighted by Crippen LogP contribution is -2.10. The van der Waals surface area contributed by atoms with Gasteiger partial charge >= 0.3 is 0 Å². The van der Waals surface area contributed by atoms with Gasteiger partial charge in [-0.15, -0.1) is 0 Å². The number of ether oxygens (including phenoxy) is 2. The molecule has 25 heavy (non-hydrogen) atoms. The lowest BCUT2D eigenvalue weighted by atomic mass is 10.1. The van der Waals surface area contributed by atoms with Gasteiger partial charge in [-0.3, -0.25) is 9.78 Å². The molecule has 0 spiro atoms. The van der Waals surface area contributed by atoms with Gasteiger partial charge in [-0.05, 0) is 13.0 Å². The largest absolute Gasteiger partial charge is 0.486 e. The predicted molar refractivity (Wildman–Crippen MR) is 95.2 cm³/mol. The third-order valence-electron chi connectivity index (χ3n) is 3.66. The summed E-state index contributed by atoms with van der Waals surface area (Å²) < 4.78 is 10.8. The molecule has 2 rings (SSSR count). The second kappa shape index (κ2) is 8.58. The molecule has 0 aliphatic heterocycles. The van der Waals surface area contributed by atoms with Crippen LogP contribution in [0.2, 0.25) is 0 Å². The average molecular weight is 340 g/mol. The number of allylic oxidation sites excluding steroid dienone is 2. The summed E-state index contributed by atoms with van der Waals surface area (Å²) in [7, 11) is 3.27. The molecule has 2 heterocycles. The van der Waals surface area contributed by atoms with Crippen LogP contribution in [0.3, 0.4) is 0 Å². The third kappa shape index (κ3) is 4.20. The van der Waals surface area contributed by atoms with Crippen LogP contribution < -0.4 is 14.8 Å². The molecular weight excluding hydrogens is 320 g/mol. The van der Waals surface area contributed by atoms with Crippen LogP contribution in [0.15, 0.2) is 36.3 Å². The standard InChI is InChI=1S/C18H20N4O3/c1-12(20-2)15(8-19)18-13(5-4-6-21-18)11-25-16-9-22-17(24-3)7-14(16)10-23/h4-10,19-20H,11H2,1-3H3/b15-12+,19-8?. The molecule has 0 aliphatic rings. The Kier molecular flexibility index (Phi) is 6.22. The summed E-state index contributed by atoms with van der Waals surface area (Å²) in [6, 6.07) is 5.18. The summed E-state index contributed by atoms with van der Waals surface area (Å²) in [6.45, 7) is 2.06. The number of carbonyl (C=O) groups excluding carboxylic acids is 1. The Morgan fingerprint density at radius 2 is 2.20 bits per heavy atom. The normalized spacial score (nSPS) is 11.3. The molecule has 0 saturated heterocycles. The summed E-state index contributed by atoms with van der Waals surface area (Å²) in [5.74, 6) is 0.700. The quantitative estimate of drug-likeness (QED) is 0.566. The van der Waals surface area contributed by atoms with Crippen molar-refractivity contribution in [3.05, 3.63) is 53.1 Å². The molecule has 0 unspecified atom stereocenters. The Bertz CT molecular complexity index is 803. The van der Waals surface area contributed by atoms with E-state index in [9.17, 15) is 4.79 Å². The fraction of sp³-hybridized carbons (Fsp3) is 0.222. The molecule has 0 atom stereocenters. The van der Waals surface area contributed by atoms with E-state index < -0.39 is 0 Å². The first kappa shape index (κ1) is 18.1. The van der Waals surface area contributed by atoms with Gasteiger partial charge < -0.3 is 20.2 Å². The molecule has 0 bridgehead atoms. The van der Waals surface area contributed by atoms with E-state index in [1.807, 2.05) is 13.0 Å². The van der Waals surface area contributed by atoms with Gasteiger partial charge in [0.1, 0.15) is 12.4 Å². The fourth-order valence-corrected chi connectivity index (χ4v) is 2.20. The van der Waals surface area contributed by atoms with Crippen molar-refractivity contribution in [1.29, 1.82) is 5.41 Å². The highest BCUT2D eigenvalue weighted by molar-refractivity contribution is 6.09. The van der Waals surface area contributed by atoms with Gasteiger partial charge in [-0.2, -0.15) is 0 Å². The van der Waals surface area contributed by atoms with E-state index in [0.29, 0.717) is 34.7 Å². The number of nitrogens with zero attached hydrogens (tertiary/aromatic N) is 2. The topological polar surface area (TPSA) is 97.2 Å². The van der Waals surface area contributed by atoms with E-state index in [-0.39, 0.29) is 6.61 Å². The summed E-state index contributed by atoms with van der Waals surface area (Å²) in [5, 5.41) is 10.7. The number of pyridine rings is 2. The van der Waals surface area contributed by atoms with Gasteiger partial charge in [-0.1, -0.05) is 6.07 Å². The predicted octanol–water partition coefficient (Wildman–Crippen LogP) is 2.48. The SMILES string of the molecule is CN/C(C)=C(\C=N)c1ncccc1COc1cnc(OC)cc1C=O. The number of aromatic nitrogens is 2. The van der Waals surface area contributed by atoms with Crippen LogP contribution in [0.25, 0.3) is 5.57 Å². The summed E-state index contributed by atoms with van der Waals surface area (Å²) >= 11 is 0. The summed E-state index contributed by atoms with van der Waals surface area (Å²) in [6.07, 6.45) is 5.06. The van der Waals surface area contributed by atoms with E-state index in [4.69, 9.17) is 14.9 Å². The monoisotopic (exact) mass is 340 g/mol. The molecule has 0 aliphatic carbocycles. The van der Waals surface area contributed by atoms with E-state index in [1.54, 1.807) is 19.3 Å². The Hall–Kier alpha value is -3.22. The second-order valence-corrected chi connectivity index (χ2v) is 5.12. The maximum Gasteiger partial charge on any atom is 0.213 e. The number of nitrogens with one attached hydrogen (secondary N) is 2. The first-order chi connectivity index (χ1) is 12.1. The zero-order chi connectivity index (χ0) is 18.2. The van der Waals surface area contributed by atoms with Gasteiger partial charge in [0.2, 0.25) is 5.88 Å². The van der Waals surface area contributed by atoms with Crippen molar-refractivity contribution in [2.75, 3.05) is 14.2 Å². The van der Waals surface area contributed by atoms with Gasteiger partial charge in [0.15, 0.2) is 6.29 Å². The molecule has 2 aromatic rings. The van der Waals surface area contributed by atoms with Crippen LogP contribution in [0.5, 0.6) is 11.6 Å². The number of carbonyl (C=O) groups is 1. The molecule has 0 aromatic carbocycles. The van der Waals surface area contributed by atoms with Crippen molar-refractivity contribution < 1.29 is 14.3 Å². The van der Waals surface area contributed by atoms with Crippen molar-refractivity contribution in [3.8, 4) is 11.6 Å². The molecule has 0 fully saturated rings. The van der Waals surface area contributed by atoms with E-state index in [0.717, 1.165) is 11.3 Å². The highest BCUT2D eigenvalue weighted by atomic mass is 16.5. The first-order valence-corrected chi connectivity index (χ1v) is 7.60. The third-order valence-corrected chi connectivity index (χ3v) is 3.66. The zero-order valence-corrected chi connectivity index (χ0v) is 14.4. The summed E-state index contributed by atoms with van der Waals surface area (Å²) in [5.41, 5.74) is 3.30. The van der Waals surface area contributed by atoms with Crippen LogP contribution in [-0.2, 0) is 6.61 Å². The van der Waals surface area contributed by atoms with Gasteiger partial charge in [0.25, 0.3) is 0 Å². The number of hydrogen-bond donors (Lipinski definition) is 2. The second-order valence-electron chi connectivity index (χ2n) is 5.12. The van der Waals surface area contributed by atoms with Crippen LogP contribution >= 0.6 is 0 Å².